The summed E-state index contributed by atoms with van der Waals surface area (Å²) in [6.45, 7) is 4.28. The Kier molecular flexibility index (Phi) is 5.23. The molecule has 3 unspecified atom stereocenters. The average molecular weight is 342 g/mol. The molecule has 1 saturated heterocycles. The van der Waals surface area contributed by atoms with E-state index < -0.39 is 0 Å². The van der Waals surface area contributed by atoms with Crippen molar-refractivity contribution in [1.29, 1.82) is 0 Å². The van der Waals surface area contributed by atoms with Crippen LogP contribution in [0.2, 0.25) is 0 Å². The number of rotatable bonds is 3. The second kappa shape index (κ2) is 7.40. The predicted molar refractivity (Wildman–Crippen MR) is 96.3 cm³/mol. The topological polar surface area (TPSA) is 60.9 Å². The normalized spacial score (nSPS) is 25.6. The first-order valence-electron chi connectivity index (χ1n) is 8.99. The minimum Gasteiger partial charge on any atom is -0.394 e. The van der Waals surface area contributed by atoms with Crippen LogP contribution in [0.4, 0.5) is 0 Å². The van der Waals surface area contributed by atoms with Crippen LogP contribution < -0.4 is 0 Å². The number of likely N-dealkylation sites (tertiary alicyclic amines) is 1. The molecule has 2 aliphatic rings. The van der Waals surface area contributed by atoms with Gasteiger partial charge >= 0.3 is 0 Å². The molecular formula is C20H26N2O3. The summed E-state index contributed by atoms with van der Waals surface area (Å²) in [6.07, 6.45) is 5.91. The molecule has 3 atom stereocenters. The number of carbonyl (C=O) groups is 2. The number of aliphatic hydroxyl groups is 1. The van der Waals surface area contributed by atoms with Gasteiger partial charge in [-0.1, -0.05) is 31.2 Å². The third kappa shape index (κ3) is 3.47. The minimum atomic E-state index is -0.289. The van der Waals surface area contributed by atoms with Crippen molar-refractivity contribution < 1.29 is 14.7 Å². The van der Waals surface area contributed by atoms with Gasteiger partial charge in [0.05, 0.1) is 25.1 Å². The van der Waals surface area contributed by atoms with Crippen molar-refractivity contribution in [1.82, 2.24) is 9.80 Å². The molecular weight excluding hydrogens is 316 g/mol. The first kappa shape index (κ1) is 17.7. The second-order valence-corrected chi connectivity index (χ2v) is 7.05. The lowest BCUT2D eigenvalue weighted by Crippen LogP contribution is -2.50. The van der Waals surface area contributed by atoms with Crippen LogP contribution in [0.1, 0.15) is 50.3 Å². The molecule has 134 valence electrons. The molecule has 0 aromatic heterocycles. The summed E-state index contributed by atoms with van der Waals surface area (Å²) in [4.78, 5) is 28.5. The molecule has 0 bridgehead atoms. The number of hydrogen-bond donors (Lipinski definition) is 1. The van der Waals surface area contributed by atoms with Crippen molar-refractivity contribution in [2.24, 2.45) is 5.92 Å². The molecule has 0 radical (unpaired) electrons. The summed E-state index contributed by atoms with van der Waals surface area (Å²) in [5.41, 5.74) is 2.04. The number of hydrogen-bond acceptors (Lipinski definition) is 3. The van der Waals surface area contributed by atoms with Gasteiger partial charge in [0.15, 0.2) is 0 Å². The highest BCUT2D eigenvalue weighted by molar-refractivity contribution is 5.82. The highest BCUT2D eigenvalue weighted by Gasteiger charge is 2.35. The van der Waals surface area contributed by atoms with E-state index in [0.29, 0.717) is 12.5 Å². The molecule has 3 rings (SSSR count). The smallest absolute Gasteiger partial charge is 0.225 e. The summed E-state index contributed by atoms with van der Waals surface area (Å²) >= 11 is 0. The van der Waals surface area contributed by atoms with Gasteiger partial charge in [0.25, 0.3) is 0 Å². The van der Waals surface area contributed by atoms with E-state index in [1.165, 1.54) is 6.92 Å². The predicted octanol–water partition coefficient (Wildman–Crippen LogP) is 2.57. The lowest BCUT2D eigenvalue weighted by Gasteiger charge is -2.41. The van der Waals surface area contributed by atoms with E-state index in [-0.39, 0.29) is 36.9 Å². The number of carbonyl (C=O) groups excluding carboxylic acids is 2. The minimum absolute atomic E-state index is 0.00644. The van der Waals surface area contributed by atoms with Gasteiger partial charge in [-0.3, -0.25) is 9.59 Å². The highest BCUT2D eigenvalue weighted by Crippen LogP contribution is 2.34. The van der Waals surface area contributed by atoms with Gasteiger partial charge in [-0.25, -0.2) is 0 Å². The van der Waals surface area contributed by atoms with Crippen LogP contribution in [0.5, 0.6) is 0 Å². The summed E-state index contributed by atoms with van der Waals surface area (Å²) < 4.78 is 0. The van der Waals surface area contributed by atoms with Crippen molar-refractivity contribution in [3.8, 4) is 0 Å². The first-order valence-corrected chi connectivity index (χ1v) is 8.99. The summed E-state index contributed by atoms with van der Waals surface area (Å²) in [7, 11) is 0. The SMILES string of the molecule is CC(=O)N1C=Cc2ccccc2C1CC(=O)N1CCCC(C)C1CO. The Morgan fingerprint density at radius 3 is 2.76 bits per heavy atom. The molecule has 5 nitrogen and oxygen atoms in total. The second-order valence-electron chi connectivity index (χ2n) is 7.05. The van der Waals surface area contributed by atoms with Crippen LogP contribution in [-0.4, -0.2) is 45.9 Å². The molecule has 0 saturated carbocycles. The Morgan fingerprint density at radius 1 is 1.28 bits per heavy atom. The van der Waals surface area contributed by atoms with Gasteiger partial charge in [0.2, 0.25) is 11.8 Å². The van der Waals surface area contributed by atoms with Crippen LogP contribution in [-0.2, 0) is 9.59 Å². The maximum atomic E-state index is 13.0. The molecule has 0 aliphatic carbocycles. The molecule has 1 N–H and O–H groups in total. The fourth-order valence-electron chi connectivity index (χ4n) is 4.03. The van der Waals surface area contributed by atoms with Gasteiger partial charge in [-0.15, -0.1) is 0 Å². The standard InChI is InChI=1S/C20H26N2O3/c1-14-6-5-10-22(19(14)13-23)20(25)12-18-17-8-4-3-7-16(17)9-11-21(18)15(2)24/h3-4,7-9,11,14,18-19,23H,5-6,10,12-13H2,1-2H3. The Balaban J connectivity index is 1.85. The molecule has 2 aliphatic heterocycles. The summed E-state index contributed by atoms with van der Waals surface area (Å²) in [6, 6.07) is 7.46. The van der Waals surface area contributed by atoms with Gasteiger partial charge in [0.1, 0.15) is 0 Å². The zero-order chi connectivity index (χ0) is 18.0. The zero-order valence-corrected chi connectivity index (χ0v) is 14.9. The molecule has 1 aromatic rings. The van der Waals surface area contributed by atoms with Gasteiger partial charge in [-0.2, -0.15) is 0 Å². The number of amides is 2. The van der Waals surface area contributed by atoms with E-state index in [2.05, 4.69) is 6.92 Å². The molecule has 0 spiro atoms. The average Bonchev–Trinajstić information content (AvgIpc) is 2.61. The van der Waals surface area contributed by atoms with Crippen LogP contribution in [0, 0.1) is 5.92 Å². The molecule has 1 aromatic carbocycles. The lowest BCUT2D eigenvalue weighted by molar-refractivity contribution is -0.140. The lowest BCUT2D eigenvalue weighted by atomic mass is 9.89. The molecule has 2 heterocycles. The fraction of sp³-hybridized carbons (Fsp3) is 0.500. The Labute approximate surface area is 148 Å². The van der Waals surface area contributed by atoms with Gasteiger partial charge < -0.3 is 14.9 Å². The third-order valence-corrected chi connectivity index (χ3v) is 5.46. The maximum absolute atomic E-state index is 13.0. The van der Waals surface area contributed by atoms with E-state index in [9.17, 15) is 14.7 Å². The Hall–Kier alpha value is -2.14. The van der Waals surface area contributed by atoms with Crippen molar-refractivity contribution in [3.05, 3.63) is 41.6 Å². The molecule has 1 fully saturated rings. The number of aliphatic hydroxyl groups excluding tert-OH is 1. The zero-order valence-electron chi connectivity index (χ0n) is 14.9. The summed E-state index contributed by atoms with van der Waals surface area (Å²) in [5.74, 6) is 0.228. The molecule has 5 heteroatoms. The number of piperidine rings is 1. The van der Waals surface area contributed by atoms with E-state index >= 15 is 0 Å². The molecule has 2 amide bonds. The quantitative estimate of drug-likeness (QED) is 0.918. The van der Waals surface area contributed by atoms with E-state index in [0.717, 1.165) is 24.0 Å². The monoisotopic (exact) mass is 342 g/mol. The van der Waals surface area contributed by atoms with E-state index in [1.54, 1.807) is 11.1 Å². The Bertz CT molecular complexity index is 685. The van der Waals surface area contributed by atoms with Crippen LogP contribution in [0.15, 0.2) is 30.5 Å². The summed E-state index contributed by atoms with van der Waals surface area (Å²) in [5, 5.41) is 9.72. The number of benzene rings is 1. The van der Waals surface area contributed by atoms with Crippen molar-refractivity contribution in [3.63, 3.8) is 0 Å². The van der Waals surface area contributed by atoms with Crippen molar-refractivity contribution in [2.45, 2.75) is 45.2 Å². The van der Waals surface area contributed by atoms with Crippen LogP contribution in [0.25, 0.3) is 6.08 Å². The van der Waals surface area contributed by atoms with Crippen molar-refractivity contribution in [2.75, 3.05) is 13.2 Å². The van der Waals surface area contributed by atoms with Crippen molar-refractivity contribution >= 4 is 17.9 Å². The van der Waals surface area contributed by atoms with Gasteiger partial charge in [0, 0.05) is 19.7 Å². The third-order valence-electron chi connectivity index (χ3n) is 5.46. The van der Waals surface area contributed by atoms with Gasteiger partial charge in [-0.05, 0) is 36.0 Å². The Morgan fingerprint density at radius 2 is 2.04 bits per heavy atom. The van der Waals surface area contributed by atoms with Crippen LogP contribution in [0.3, 0.4) is 0 Å². The number of fused-ring (bicyclic) bond motifs is 1. The van der Waals surface area contributed by atoms with E-state index in [1.807, 2.05) is 35.2 Å². The number of nitrogens with zero attached hydrogens (tertiary/aromatic N) is 2. The van der Waals surface area contributed by atoms with E-state index in [4.69, 9.17) is 0 Å². The van der Waals surface area contributed by atoms with Crippen LogP contribution >= 0.6 is 0 Å². The maximum Gasteiger partial charge on any atom is 0.225 e. The highest BCUT2D eigenvalue weighted by atomic mass is 16.3. The first-order chi connectivity index (χ1) is 12.0. The molecule has 25 heavy (non-hydrogen) atoms. The fourth-order valence-corrected chi connectivity index (χ4v) is 4.03. The largest absolute Gasteiger partial charge is 0.394 e.